The average molecular weight is 209 g/mol. The molecule has 0 heterocycles. The molecule has 0 aromatic rings. The van der Waals surface area contributed by atoms with E-state index in [1.807, 2.05) is 0 Å². The number of nitrogens with one attached hydrogen (secondary N) is 1. The van der Waals surface area contributed by atoms with Gasteiger partial charge >= 0.3 is 0 Å². The fourth-order valence-electron chi connectivity index (χ4n) is 3.05. The van der Waals surface area contributed by atoms with Crippen molar-refractivity contribution in [1.82, 2.24) is 5.32 Å². The van der Waals surface area contributed by atoms with Crippen molar-refractivity contribution in [2.24, 2.45) is 11.8 Å². The molecule has 0 saturated heterocycles. The molecule has 0 spiro atoms. The van der Waals surface area contributed by atoms with Crippen LogP contribution in [0.2, 0.25) is 0 Å². The quantitative estimate of drug-likeness (QED) is 0.703. The molecule has 0 aliphatic heterocycles. The summed E-state index contributed by atoms with van der Waals surface area (Å²) in [5.74, 6) is 2.14. The second-order valence-corrected chi connectivity index (χ2v) is 5.75. The molecule has 2 fully saturated rings. The molecular weight excluding hydrogens is 182 g/mol. The van der Waals surface area contributed by atoms with Gasteiger partial charge in [-0.15, -0.1) is 0 Å². The SMILES string of the molecule is CNC(CCC1CCCCC1)CC1CC1. The first-order valence-corrected chi connectivity index (χ1v) is 7.05. The van der Waals surface area contributed by atoms with Gasteiger partial charge in [-0.05, 0) is 38.1 Å². The lowest BCUT2D eigenvalue weighted by molar-refractivity contribution is 0.310. The predicted molar refractivity (Wildman–Crippen MR) is 66.0 cm³/mol. The maximum Gasteiger partial charge on any atom is 0.00668 e. The Morgan fingerprint density at radius 2 is 1.73 bits per heavy atom. The summed E-state index contributed by atoms with van der Waals surface area (Å²) in [7, 11) is 2.15. The molecule has 15 heavy (non-hydrogen) atoms. The zero-order valence-electron chi connectivity index (χ0n) is 10.3. The van der Waals surface area contributed by atoms with Crippen molar-refractivity contribution < 1.29 is 0 Å². The van der Waals surface area contributed by atoms with E-state index in [0.717, 1.165) is 17.9 Å². The highest BCUT2D eigenvalue weighted by Crippen LogP contribution is 2.35. The Kier molecular flexibility index (Phi) is 4.49. The van der Waals surface area contributed by atoms with Crippen molar-refractivity contribution in [3.8, 4) is 0 Å². The highest BCUT2D eigenvalue weighted by atomic mass is 14.9. The van der Waals surface area contributed by atoms with Crippen LogP contribution in [0, 0.1) is 11.8 Å². The summed E-state index contributed by atoms with van der Waals surface area (Å²) in [5.41, 5.74) is 0. The topological polar surface area (TPSA) is 12.0 Å². The fourth-order valence-corrected chi connectivity index (χ4v) is 3.05. The molecule has 2 aliphatic carbocycles. The molecule has 88 valence electrons. The van der Waals surface area contributed by atoms with E-state index in [2.05, 4.69) is 12.4 Å². The average Bonchev–Trinajstić information content (AvgIpc) is 3.09. The minimum Gasteiger partial charge on any atom is -0.317 e. The van der Waals surface area contributed by atoms with Crippen molar-refractivity contribution in [3.05, 3.63) is 0 Å². The second kappa shape index (κ2) is 5.89. The van der Waals surface area contributed by atoms with Gasteiger partial charge < -0.3 is 5.32 Å². The van der Waals surface area contributed by atoms with Crippen molar-refractivity contribution in [2.45, 2.75) is 70.3 Å². The lowest BCUT2D eigenvalue weighted by Gasteiger charge is -2.24. The van der Waals surface area contributed by atoms with Crippen molar-refractivity contribution >= 4 is 0 Å². The number of hydrogen-bond acceptors (Lipinski definition) is 1. The molecule has 1 atom stereocenters. The Hall–Kier alpha value is -0.0400. The predicted octanol–water partition coefficient (Wildman–Crippen LogP) is 3.74. The van der Waals surface area contributed by atoms with E-state index < -0.39 is 0 Å². The molecule has 1 nitrogen and oxygen atoms in total. The summed E-state index contributed by atoms with van der Waals surface area (Å²) in [6.07, 6.45) is 14.9. The molecule has 0 radical (unpaired) electrons. The molecule has 1 N–H and O–H groups in total. The summed E-state index contributed by atoms with van der Waals surface area (Å²) in [6, 6.07) is 0.819. The third kappa shape index (κ3) is 4.14. The first kappa shape index (κ1) is 11.4. The molecular formula is C14H27N. The van der Waals surface area contributed by atoms with Crippen LogP contribution in [0.1, 0.15) is 64.2 Å². The monoisotopic (exact) mass is 209 g/mol. The van der Waals surface area contributed by atoms with E-state index >= 15 is 0 Å². The Bertz CT molecular complexity index is 168. The Morgan fingerprint density at radius 3 is 2.33 bits per heavy atom. The summed E-state index contributed by atoms with van der Waals surface area (Å²) >= 11 is 0. The van der Waals surface area contributed by atoms with Gasteiger partial charge in [0.1, 0.15) is 0 Å². The molecule has 1 heteroatoms. The first-order valence-electron chi connectivity index (χ1n) is 7.05. The minimum atomic E-state index is 0.819. The van der Waals surface area contributed by atoms with Gasteiger partial charge in [0.15, 0.2) is 0 Å². The maximum absolute atomic E-state index is 3.51. The molecule has 1 unspecified atom stereocenters. The van der Waals surface area contributed by atoms with Gasteiger partial charge in [0.05, 0.1) is 0 Å². The number of hydrogen-bond donors (Lipinski definition) is 1. The molecule has 0 amide bonds. The number of rotatable bonds is 6. The van der Waals surface area contributed by atoms with Crippen LogP contribution in [0.4, 0.5) is 0 Å². The normalized spacial score (nSPS) is 25.4. The largest absolute Gasteiger partial charge is 0.317 e. The van der Waals surface area contributed by atoms with Crippen molar-refractivity contribution in [3.63, 3.8) is 0 Å². The third-order valence-corrected chi connectivity index (χ3v) is 4.37. The first-order chi connectivity index (χ1) is 7.38. The van der Waals surface area contributed by atoms with E-state index in [1.54, 1.807) is 0 Å². The summed E-state index contributed by atoms with van der Waals surface area (Å²) in [4.78, 5) is 0. The van der Waals surface area contributed by atoms with E-state index in [1.165, 1.54) is 64.2 Å². The van der Waals surface area contributed by atoms with Crippen LogP contribution >= 0.6 is 0 Å². The van der Waals surface area contributed by atoms with Gasteiger partial charge in [0.25, 0.3) is 0 Å². The van der Waals surface area contributed by atoms with E-state index in [9.17, 15) is 0 Å². The van der Waals surface area contributed by atoms with Crippen LogP contribution in [0.5, 0.6) is 0 Å². The van der Waals surface area contributed by atoms with E-state index in [0.29, 0.717) is 0 Å². The lowest BCUT2D eigenvalue weighted by atomic mass is 9.85. The minimum absolute atomic E-state index is 0.819. The highest BCUT2D eigenvalue weighted by Gasteiger charge is 2.25. The fraction of sp³-hybridized carbons (Fsp3) is 1.00. The molecule has 2 rings (SSSR count). The van der Waals surface area contributed by atoms with Gasteiger partial charge in [-0.3, -0.25) is 0 Å². The van der Waals surface area contributed by atoms with Crippen LogP contribution in [0.15, 0.2) is 0 Å². The maximum atomic E-state index is 3.51. The zero-order chi connectivity index (χ0) is 10.5. The van der Waals surface area contributed by atoms with Gasteiger partial charge in [0.2, 0.25) is 0 Å². The smallest absolute Gasteiger partial charge is 0.00668 e. The van der Waals surface area contributed by atoms with Crippen LogP contribution < -0.4 is 5.32 Å². The van der Waals surface area contributed by atoms with Crippen LogP contribution in [-0.4, -0.2) is 13.1 Å². The van der Waals surface area contributed by atoms with Crippen LogP contribution in [0.25, 0.3) is 0 Å². The van der Waals surface area contributed by atoms with Crippen molar-refractivity contribution in [2.75, 3.05) is 7.05 Å². The molecule has 0 aromatic carbocycles. The standard InChI is InChI=1S/C14H27N/c1-15-14(11-13-7-8-13)10-9-12-5-3-2-4-6-12/h12-15H,2-11H2,1H3. The second-order valence-electron chi connectivity index (χ2n) is 5.75. The van der Waals surface area contributed by atoms with Crippen molar-refractivity contribution in [1.29, 1.82) is 0 Å². The molecule has 2 saturated carbocycles. The summed E-state index contributed by atoms with van der Waals surface area (Å²) < 4.78 is 0. The Balaban J connectivity index is 1.60. The molecule has 0 aromatic heterocycles. The van der Waals surface area contributed by atoms with Gasteiger partial charge in [0, 0.05) is 6.04 Å². The summed E-state index contributed by atoms with van der Waals surface area (Å²) in [6.45, 7) is 0. The van der Waals surface area contributed by atoms with Crippen LogP contribution in [-0.2, 0) is 0 Å². The molecule has 2 aliphatic rings. The van der Waals surface area contributed by atoms with Gasteiger partial charge in [-0.1, -0.05) is 44.9 Å². The van der Waals surface area contributed by atoms with E-state index in [-0.39, 0.29) is 0 Å². The highest BCUT2D eigenvalue weighted by molar-refractivity contribution is 4.80. The third-order valence-electron chi connectivity index (χ3n) is 4.37. The summed E-state index contributed by atoms with van der Waals surface area (Å²) in [5, 5.41) is 3.51. The lowest BCUT2D eigenvalue weighted by Crippen LogP contribution is -2.26. The van der Waals surface area contributed by atoms with E-state index in [4.69, 9.17) is 0 Å². The molecule has 0 bridgehead atoms. The Morgan fingerprint density at radius 1 is 1.00 bits per heavy atom. The van der Waals surface area contributed by atoms with Gasteiger partial charge in [-0.2, -0.15) is 0 Å². The van der Waals surface area contributed by atoms with Gasteiger partial charge in [-0.25, -0.2) is 0 Å². The Labute approximate surface area is 95.0 Å². The zero-order valence-corrected chi connectivity index (χ0v) is 10.3. The van der Waals surface area contributed by atoms with Crippen LogP contribution in [0.3, 0.4) is 0 Å².